The molecule has 0 spiro atoms. The maximum Gasteiger partial charge on any atom is 0.338 e. The summed E-state index contributed by atoms with van der Waals surface area (Å²) in [6.07, 6.45) is 1.88. The van der Waals surface area contributed by atoms with Crippen LogP contribution in [0.2, 0.25) is 0 Å². The molecule has 1 N–H and O–H groups in total. The average molecular weight is 273 g/mol. The van der Waals surface area contributed by atoms with E-state index in [1.807, 2.05) is 66.7 Å². The molecule has 19 heavy (non-hydrogen) atoms. The Kier molecular flexibility index (Phi) is 4.12. The van der Waals surface area contributed by atoms with Crippen molar-refractivity contribution in [2.24, 2.45) is 0 Å². The molecule has 0 heterocycles. The first-order chi connectivity index (χ1) is 9.15. The van der Waals surface area contributed by atoms with Crippen molar-refractivity contribution in [3.63, 3.8) is 0 Å². The van der Waals surface area contributed by atoms with Gasteiger partial charge in [0.25, 0.3) is 0 Å². The fourth-order valence-corrected chi connectivity index (χ4v) is 2.59. The number of carboxylic acid groups (broad SMARTS) is 1. The lowest BCUT2D eigenvalue weighted by Gasteiger charge is -2.22. The number of carbonyl (C=O) groups is 1. The van der Waals surface area contributed by atoms with E-state index in [4.69, 9.17) is 0 Å². The zero-order valence-corrected chi connectivity index (χ0v) is 11.6. The van der Waals surface area contributed by atoms with Crippen LogP contribution in [0, 0.1) is 0 Å². The van der Waals surface area contributed by atoms with Crippen LogP contribution < -0.4 is 4.90 Å². The van der Waals surface area contributed by atoms with E-state index in [0.29, 0.717) is 11.3 Å². The lowest BCUT2D eigenvalue weighted by Crippen LogP contribution is -2.14. The van der Waals surface area contributed by atoms with Gasteiger partial charge in [0.1, 0.15) is 0 Å². The number of rotatable bonds is 4. The minimum Gasteiger partial charge on any atom is -0.478 e. The summed E-state index contributed by atoms with van der Waals surface area (Å²) in [7, 11) is 1.88. The van der Waals surface area contributed by atoms with Gasteiger partial charge in [-0.05, 0) is 30.5 Å². The Morgan fingerprint density at radius 2 is 1.79 bits per heavy atom. The molecule has 0 aliphatic rings. The maximum absolute atomic E-state index is 11.5. The number of para-hydroxylation sites is 1. The Hall–Kier alpha value is -1.94. The van der Waals surface area contributed by atoms with Gasteiger partial charge < -0.3 is 10.0 Å². The summed E-state index contributed by atoms with van der Waals surface area (Å²) >= 11 is 1.44. The van der Waals surface area contributed by atoms with E-state index in [0.717, 1.165) is 10.6 Å². The zero-order chi connectivity index (χ0) is 13.8. The molecule has 0 aromatic heterocycles. The topological polar surface area (TPSA) is 40.5 Å². The second-order valence-corrected chi connectivity index (χ2v) is 4.90. The van der Waals surface area contributed by atoms with E-state index in [9.17, 15) is 9.90 Å². The predicted molar refractivity (Wildman–Crippen MR) is 79.7 cm³/mol. The summed E-state index contributed by atoms with van der Waals surface area (Å²) in [6, 6.07) is 15.3. The molecule has 2 rings (SSSR count). The Bertz CT molecular complexity index is 584. The number of carboxylic acids is 1. The molecule has 0 radical (unpaired) electrons. The van der Waals surface area contributed by atoms with Gasteiger partial charge in [0, 0.05) is 17.6 Å². The minimum atomic E-state index is -0.900. The van der Waals surface area contributed by atoms with E-state index in [-0.39, 0.29) is 0 Å². The van der Waals surface area contributed by atoms with Crippen LogP contribution in [0.3, 0.4) is 0 Å². The largest absolute Gasteiger partial charge is 0.478 e. The van der Waals surface area contributed by atoms with Crippen LogP contribution in [0.1, 0.15) is 10.4 Å². The summed E-state index contributed by atoms with van der Waals surface area (Å²) in [4.78, 5) is 14.2. The SMILES string of the molecule is CSc1cccc(N(C)c2ccccc2)c1C(=O)O. The molecule has 0 aliphatic carbocycles. The minimum absolute atomic E-state index is 0.348. The molecule has 4 heteroatoms. The standard InChI is InChI=1S/C15H15NO2S/c1-16(11-7-4-3-5-8-11)12-9-6-10-13(19-2)14(12)15(17)18/h3-10H,1-2H3,(H,17,18). The van der Waals surface area contributed by atoms with E-state index in [2.05, 4.69) is 0 Å². The molecular weight excluding hydrogens is 258 g/mol. The van der Waals surface area contributed by atoms with Crippen LogP contribution in [0.15, 0.2) is 53.4 Å². The Balaban J connectivity index is 2.53. The molecule has 0 saturated heterocycles. The first-order valence-corrected chi connectivity index (χ1v) is 7.06. The fourth-order valence-electron chi connectivity index (χ4n) is 1.97. The molecular formula is C15H15NO2S. The smallest absolute Gasteiger partial charge is 0.338 e. The summed E-state index contributed by atoms with van der Waals surface area (Å²) in [5, 5.41) is 9.43. The third kappa shape index (κ3) is 2.74. The molecule has 3 nitrogen and oxygen atoms in total. The molecule has 0 amide bonds. The third-order valence-electron chi connectivity index (χ3n) is 2.94. The van der Waals surface area contributed by atoms with Crippen molar-refractivity contribution in [2.75, 3.05) is 18.2 Å². The highest BCUT2D eigenvalue weighted by molar-refractivity contribution is 7.98. The van der Waals surface area contributed by atoms with Crippen molar-refractivity contribution in [3.8, 4) is 0 Å². The van der Waals surface area contributed by atoms with E-state index < -0.39 is 5.97 Å². The van der Waals surface area contributed by atoms with Gasteiger partial charge in [-0.15, -0.1) is 11.8 Å². The van der Waals surface area contributed by atoms with Crippen LogP contribution in [0.4, 0.5) is 11.4 Å². The van der Waals surface area contributed by atoms with Gasteiger partial charge in [-0.25, -0.2) is 4.79 Å². The molecule has 2 aromatic rings. The molecule has 0 atom stereocenters. The van der Waals surface area contributed by atoms with Crippen molar-refractivity contribution in [2.45, 2.75) is 4.90 Å². The van der Waals surface area contributed by atoms with E-state index >= 15 is 0 Å². The summed E-state index contributed by atoms with van der Waals surface area (Å²) in [6.45, 7) is 0. The number of nitrogens with zero attached hydrogens (tertiary/aromatic N) is 1. The number of hydrogen-bond acceptors (Lipinski definition) is 3. The fraction of sp³-hybridized carbons (Fsp3) is 0.133. The van der Waals surface area contributed by atoms with Crippen molar-refractivity contribution in [1.82, 2.24) is 0 Å². The number of anilines is 2. The van der Waals surface area contributed by atoms with Gasteiger partial charge >= 0.3 is 5.97 Å². The summed E-state index contributed by atoms with van der Waals surface area (Å²) in [5.74, 6) is -0.900. The highest BCUT2D eigenvalue weighted by atomic mass is 32.2. The molecule has 0 bridgehead atoms. The van der Waals surface area contributed by atoms with Gasteiger partial charge in [-0.3, -0.25) is 0 Å². The summed E-state index contributed by atoms with van der Waals surface area (Å²) < 4.78 is 0. The Morgan fingerprint density at radius 1 is 1.11 bits per heavy atom. The molecule has 0 saturated carbocycles. The van der Waals surface area contributed by atoms with Crippen molar-refractivity contribution in [3.05, 3.63) is 54.1 Å². The molecule has 0 unspecified atom stereocenters. The van der Waals surface area contributed by atoms with Gasteiger partial charge in [0.05, 0.1) is 11.3 Å². The van der Waals surface area contributed by atoms with Crippen LogP contribution >= 0.6 is 11.8 Å². The van der Waals surface area contributed by atoms with Crippen LogP contribution in [-0.2, 0) is 0 Å². The maximum atomic E-state index is 11.5. The van der Waals surface area contributed by atoms with Crippen molar-refractivity contribution < 1.29 is 9.90 Å². The number of hydrogen-bond donors (Lipinski definition) is 1. The monoisotopic (exact) mass is 273 g/mol. The lowest BCUT2D eigenvalue weighted by molar-refractivity contribution is 0.0694. The molecule has 0 aliphatic heterocycles. The highest BCUT2D eigenvalue weighted by Gasteiger charge is 2.18. The molecule has 2 aromatic carbocycles. The van der Waals surface area contributed by atoms with Crippen LogP contribution in [0.25, 0.3) is 0 Å². The highest BCUT2D eigenvalue weighted by Crippen LogP contribution is 2.32. The number of benzene rings is 2. The first kappa shape index (κ1) is 13.5. The summed E-state index contributed by atoms with van der Waals surface area (Å²) in [5.41, 5.74) is 2.01. The third-order valence-corrected chi connectivity index (χ3v) is 3.72. The Labute approximate surface area is 116 Å². The van der Waals surface area contributed by atoms with Crippen LogP contribution in [-0.4, -0.2) is 24.4 Å². The van der Waals surface area contributed by atoms with E-state index in [1.54, 1.807) is 0 Å². The molecule has 0 fully saturated rings. The van der Waals surface area contributed by atoms with Crippen molar-refractivity contribution >= 4 is 29.1 Å². The number of thioether (sulfide) groups is 1. The van der Waals surface area contributed by atoms with Gasteiger partial charge in [0.15, 0.2) is 0 Å². The molecule has 98 valence electrons. The number of aromatic carboxylic acids is 1. The Morgan fingerprint density at radius 3 is 2.37 bits per heavy atom. The van der Waals surface area contributed by atoms with E-state index in [1.165, 1.54) is 11.8 Å². The van der Waals surface area contributed by atoms with Gasteiger partial charge in [-0.1, -0.05) is 24.3 Å². The van der Waals surface area contributed by atoms with Crippen molar-refractivity contribution in [1.29, 1.82) is 0 Å². The average Bonchev–Trinajstić information content (AvgIpc) is 2.46. The first-order valence-electron chi connectivity index (χ1n) is 5.84. The predicted octanol–water partition coefficient (Wildman–Crippen LogP) is 3.87. The van der Waals surface area contributed by atoms with Gasteiger partial charge in [0.2, 0.25) is 0 Å². The second-order valence-electron chi connectivity index (χ2n) is 4.05. The van der Waals surface area contributed by atoms with Crippen LogP contribution in [0.5, 0.6) is 0 Å². The quantitative estimate of drug-likeness (QED) is 0.858. The van der Waals surface area contributed by atoms with Gasteiger partial charge in [-0.2, -0.15) is 0 Å². The zero-order valence-electron chi connectivity index (χ0n) is 10.8. The second kappa shape index (κ2) is 5.80. The lowest BCUT2D eigenvalue weighted by atomic mass is 10.1. The normalized spacial score (nSPS) is 10.2.